The molecule has 0 aromatic carbocycles. The molecule has 0 saturated heterocycles. The van der Waals surface area contributed by atoms with E-state index in [1.165, 1.54) is 11.3 Å². The Hall–Kier alpha value is -2.31. The van der Waals surface area contributed by atoms with Crippen LogP contribution in [0.1, 0.15) is 16.8 Å². The summed E-state index contributed by atoms with van der Waals surface area (Å²) in [5.41, 5.74) is 3.49. The fraction of sp³-hybridized carbons (Fsp3) is 0.278. The first-order valence-corrected chi connectivity index (χ1v) is 8.80. The van der Waals surface area contributed by atoms with Crippen LogP contribution in [-0.4, -0.2) is 33.5 Å². The number of fused-ring (bicyclic) bond motifs is 1. The standard InChI is InChI=1S/C18H18N4OS/c1-23-18-13(4-2-7-19-18)11-22-8-6-15-14(12-22)10-20-17(21-15)16-5-3-9-24-16/h2-5,7,9-10H,6,8,11-12H2,1H3. The van der Waals surface area contributed by atoms with Gasteiger partial charge in [-0.25, -0.2) is 15.0 Å². The van der Waals surface area contributed by atoms with Crippen LogP contribution in [0.15, 0.2) is 42.0 Å². The molecule has 0 radical (unpaired) electrons. The highest BCUT2D eigenvalue weighted by Gasteiger charge is 2.20. The smallest absolute Gasteiger partial charge is 0.217 e. The summed E-state index contributed by atoms with van der Waals surface area (Å²) in [7, 11) is 1.66. The molecule has 0 N–H and O–H groups in total. The first-order valence-electron chi connectivity index (χ1n) is 7.92. The zero-order valence-electron chi connectivity index (χ0n) is 13.5. The van der Waals surface area contributed by atoms with Crippen LogP contribution >= 0.6 is 11.3 Å². The Morgan fingerprint density at radius 3 is 3.04 bits per heavy atom. The van der Waals surface area contributed by atoms with Gasteiger partial charge in [-0.3, -0.25) is 4.90 Å². The van der Waals surface area contributed by atoms with Crippen LogP contribution in [0, 0.1) is 0 Å². The summed E-state index contributed by atoms with van der Waals surface area (Å²) in [6, 6.07) is 8.12. The molecule has 6 heteroatoms. The quantitative estimate of drug-likeness (QED) is 0.731. The third kappa shape index (κ3) is 3.02. The van der Waals surface area contributed by atoms with E-state index < -0.39 is 0 Å². The van der Waals surface area contributed by atoms with Crippen molar-refractivity contribution in [3.8, 4) is 16.6 Å². The summed E-state index contributed by atoms with van der Waals surface area (Å²) >= 11 is 1.68. The summed E-state index contributed by atoms with van der Waals surface area (Å²) in [6.45, 7) is 2.66. The fourth-order valence-electron chi connectivity index (χ4n) is 3.00. The molecule has 3 aromatic rings. The zero-order chi connectivity index (χ0) is 16.4. The van der Waals surface area contributed by atoms with Gasteiger partial charge in [0.15, 0.2) is 5.82 Å². The SMILES string of the molecule is COc1ncccc1CN1CCc2nc(-c3cccs3)ncc2C1. The monoisotopic (exact) mass is 338 g/mol. The van der Waals surface area contributed by atoms with E-state index in [1.54, 1.807) is 24.6 Å². The van der Waals surface area contributed by atoms with E-state index in [9.17, 15) is 0 Å². The second kappa shape index (κ2) is 6.67. The van der Waals surface area contributed by atoms with Gasteiger partial charge in [0.1, 0.15) is 0 Å². The number of hydrogen-bond acceptors (Lipinski definition) is 6. The lowest BCUT2D eigenvalue weighted by molar-refractivity contribution is 0.238. The van der Waals surface area contributed by atoms with E-state index in [0.29, 0.717) is 5.88 Å². The molecule has 0 saturated carbocycles. The highest BCUT2D eigenvalue weighted by Crippen LogP contribution is 2.25. The fourth-order valence-corrected chi connectivity index (χ4v) is 3.67. The summed E-state index contributed by atoms with van der Waals surface area (Å²) in [4.78, 5) is 17.1. The Kier molecular flexibility index (Phi) is 4.23. The van der Waals surface area contributed by atoms with Crippen LogP contribution in [0.2, 0.25) is 0 Å². The van der Waals surface area contributed by atoms with E-state index in [2.05, 4.69) is 32.4 Å². The van der Waals surface area contributed by atoms with Gasteiger partial charge >= 0.3 is 0 Å². The van der Waals surface area contributed by atoms with E-state index in [-0.39, 0.29) is 0 Å². The largest absolute Gasteiger partial charge is 0.481 e. The third-order valence-corrected chi connectivity index (χ3v) is 5.06. The minimum atomic E-state index is 0.701. The highest BCUT2D eigenvalue weighted by atomic mass is 32.1. The normalized spacial score (nSPS) is 14.4. The van der Waals surface area contributed by atoms with Gasteiger partial charge in [-0.05, 0) is 17.5 Å². The van der Waals surface area contributed by atoms with Crippen molar-refractivity contribution in [3.05, 3.63) is 58.9 Å². The first-order chi connectivity index (χ1) is 11.8. The number of methoxy groups -OCH3 is 1. The van der Waals surface area contributed by atoms with E-state index in [4.69, 9.17) is 9.72 Å². The minimum Gasteiger partial charge on any atom is -0.481 e. The maximum atomic E-state index is 5.35. The van der Waals surface area contributed by atoms with Crippen molar-refractivity contribution in [2.45, 2.75) is 19.5 Å². The van der Waals surface area contributed by atoms with Crippen molar-refractivity contribution in [1.29, 1.82) is 0 Å². The number of hydrogen-bond donors (Lipinski definition) is 0. The van der Waals surface area contributed by atoms with Gasteiger partial charge in [0.05, 0.1) is 17.7 Å². The average Bonchev–Trinajstić information content (AvgIpc) is 3.16. The molecule has 0 unspecified atom stereocenters. The number of nitrogens with zero attached hydrogens (tertiary/aromatic N) is 4. The van der Waals surface area contributed by atoms with Gasteiger partial charge in [-0.15, -0.1) is 11.3 Å². The van der Waals surface area contributed by atoms with Gasteiger partial charge in [0, 0.05) is 49.6 Å². The molecule has 0 fully saturated rings. The zero-order valence-corrected chi connectivity index (χ0v) is 14.3. The molecule has 5 nitrogen and oxygen atoms in total. The maximum absolute atomic E-state index is 5.35. The van der Waals surface area contributed by atoms with Crippen molar-refractivity contribution in [3.63, 3.8) is 0 Å². The first kappa shape index (κ1) is 15.2. The van der Waals surface area contributed by atoms with Crippen LogP contribution in [0.3, 0.4) is 0 Å². The van der Waals surface area contributed by atoms with Gasteiger partial charge < -0.3 is 4.74 Å². The molecule has 1 aliphatic heterocycles. The van der Waals surface area contributed by atoms with Crippen LogP contribution in [0.4, 0.5) is 0 Å². The Bertz CT molecular complexity index is 835. The van der Waals surface area contributed by atoms with Crippen LogP contribution in [0.5, 0.6) is 5.88 Å². The number of thiophene rings is 1. The topological polar surface area (TPSA) is 51.1 Å². The molecule has 0 aliphatic carbocycles. The lowest BCUT2D eigenvalue weighted by Gasteiger charge is -2.28. The average molecular weight is 338 g/mol. The van der Waals surface area contributed by atoms with Crippen LogP contribution in [0.25, 0.3) is 10.7 Å². The summed E-state index contributed by atoms with van der Waals surface area (Å²) < 4.78 is 5.35. The second-order valence-electron chi connectivity index (χ2n) is 5.78. The van der Waals surface area contributed by atoms with Crippen molar-refractivity contribution >= 4 is 11.3 Å². The lowest BCUT2D eigenvalue weighted by Crippen LogP contribution is -2.31. The Balaban J connectivity index is 1.52. The van der Waals surface area contributed by atoms with Gasteiger partial charge in [-0.2, -0.15) is 0 Å². The predicted molar refractivity (Wildman–Crippen MR) is 94.0 cm³/mol. The summed E-state index contributed by atoms with van der Waals surface area (Å²) in [6.07, 6.45) is 4.68. The van der Waals surface area contributed by atoms with Crippen molar-refractivity contribution in [1.82, 2.24) is 19.9 Å². The molecule has 122 valence electrons. The second-order valence-corrected chi connectivity index (χ2v) is 6.72. The molecule has 0 amide bonds. The number of aromatic nitrogens is 3. The Morgan fingerprint density at radius 1 is 1.25 bits per heavy atom. The van der Waals surface area contributed by atoms with Gasteiger partial charge in [0.25, 0.3) is 0 Å². The molecule has 4 rings (SSSR count). The van der Waals surface area contributed by atoms with Crippen molar-refractivity contribution in [2.24, 2.45) is 0 Å². The van der Waals surface area contributed by atoms with Crippen LogP contribution < -0.4 is 4.74 Å². The van der Waals surface area contributed by atoms with Crippen LogP contribution in [-0.2, 0) is 19.5 Å². The summed E-state index contributed by atoms with van der Waals surface area (Å²) in [5, 5.41) is 2.06. The third-order valence-electron chi connectivity index (χ3n) is 4.19. The molecule has 0 bridgehead atoms. The molecule has 1 aliphatic rings. The molecule has 0 atom stereocenters. The Morgan fingerprint density at radius 2 is 2.21 bits per heavy atom. The van der Waals surface area contributed by atoms with Crippen molar-refractivity contribution < 1.29 is 4.74 Å². The van der Waals surface area contributed by atoms with E-state index in [0.717, 1.165) is 42.3 Å². The predicted octanol–water partition coefficient (Wildman–Crippen LogP) is 3.17. The van der Waals surface area contributed by atoms with Gasteiger partial charge in [-0.1, -0.05) is 12.1 Å². The van der Waals surface area contributed by atoms with Gasteiger partial charge in [0.2, 0.25) is 5.88 Å². The molecule has 3 aromatic heterocycles. The minimum absolute atomic E-state index is 0.701. The Labute approximate surface area is 145 Å². The maximum Gasteiger partial charge on any atom is 0.217 e. The molecular weight excluding hydrogens is 320 g/mol. The van der Waals surface area contributed by atoms with E-state index >= 15 is 0 Å². The number of rotatable bonds is 4. The lowest BCUT2D eigenvalue weighted by atomic mass is 10.1. The molecule has 0 spiro atoms. The molecule has 4 heterocycles. The highest BCUT2D eigenvalue weighted by molar-refractivity contribution is 7.13. The number of pyridine rings is 1. The molecular formula is C18H18N4OS. The van der Waals surface area contributed by atoms with E-state index in [1.807, 2.05) is 18.3 Å². The number of ether oxygens (including phenoxy) is 1. The van der Waals surface area contributed by atoms with Crippen molar-refractivity contribution in [2.75, 3.05) is 13.7 Å². The summed E-state index contributed by atoms with van der Waals surface area (Å²) in [5.74, 6) is 1.54. The molecule has 24 heavy (non-hydrogen) atoms.